The highest BCUT2D eigenvalue weighted by atomic mass is 35.5. The molecule has 0 saturated carbocycles. The summed E-state index contributed by atoms with van der Waals surface area (Å²) >= 11 is 7.08. The predicted molar refractivity (Wildman–Crippen MR) is 114 cm³/mol. The smallest absolute Gasteiger partial charge is 0.387 e. The molecule has 10 heteroatoms. The number of halogens is 3. The van der Waals surface area contributed by atoms with E-state index in [2.05, 4.69) is 15.0 Å². The van der Waals surface area contributed by atoms with Crippen molar-refractivity contribution in [3.8, 4) is 5.75 Å². The fourth-order valence-corrected chi connectivity index (χ4v) is 3.78. The molecule has 6 nitrogen and oxygen atoms in total. The molecule has 1 aromatic heterocycles. The molecule has 0 bridgehead atoms. The molecule has 3 aromatic rings. The Morgan fingerprint density at radius 3 is 2.80 bits per heavy atom. The molecular formula is C20H18ClF2N3O3S. The maximum atomic E-state index is 12.8. The van der Waals surface area contributed by atoms with Crippen LogP contribution in [0.1, 0.15) is 13.3 Å². The highest BCUT2D eigenvalue weighted by Crippen LogP contribution is 2.26. The first-order valence-corrected chi connectivity index (χ1v) is 10.4. The topological polar surface area (TPSA) is 73.2 Å². The Hall–Kier alpha value is -2.65. The maximum Gasteiger partial charge on any atom is 0.387 e. The van der Waals surface area contributed by atoms with Gasteiger partial charge in [0.05, 0.1) is 22.3 Å². The zero-order valence-electron chi connectivity index (χ0n) is 15.9. The van der Waals surface area contributed by atoms with Gasteiger partial charge in [-0.1, -0.05) is 42.4 Å². The second kappa shape index (κ2) is 9.90. The van der Waals surface area contributed by atoms with Gasteiger partial charge in [-0.15, -0.1) is 0 Å². The number of carbonyl (C=O) groups is 1. The van der Waals surface area contributed by atoms with Gasteiger partial charge in [-0.3, -0.25) is 14.2 Å². The fourth-order valence-electron chi connectivity index (χ4n) is 2.79. The van der Waals surface area contributed by atoms with Gasteiger partial charge in [-0.05, 0) is 36.8 Å². The Morgan fingerprint density at radius 2 is 2.07 bits per heavy atom. The number of alkyl halides is 2. The number of anilines is 1. The van der Waals surface area contributed by atoms with Crippen LogP contribution in [0.5, 0.6) is 5.75 Å². The monoisotopic (exact) mass is 453 g/mol. The van der Waals surface area contributed by atoms with Gasteiger partial charge in [-0.25, -0.2) is 4.98 Å². The Balaban J connectivity index is 1.80. The number of nitrogens with one attached hydrogen (secondary N) is 1. The molecule has 0 spiro atoms. The van der Waals surface area contributed by atoms with Crippen molar-refractivity contribution >= 4 is 45.9 Å². The van der Waals surface area contributed by atoms with E-state index < -0.39 is 12.5 Å². The molecule has 0 aliphatic carbocycles. The Bertz CT molecular complexity index is 1120. The van der Waals surface area contributed by atoms with Crippen LogP contribution >= 0.6 is 23.4 Å². The molecule has 158 valence electrons. The summed E-state index contributed by atoms with van der Waals surface area (Å²) < 4.78 is 31.0. The lowest BCUT2D eigenvalue weighted by Gasteiger charge is -2.13. The number of ether oxygens (including phenoxy) is 1. The quantitative estimate of drug-likeness (QED) is 0.392. The van der Waals surface area contributed by atoms with Crippen molar-refractivity contribution in [2.45, 2.75) is 31.7 Å². The van der Waals surface area contributed by atoms with Crippen LogP contribution in [0, 0.1) is 0 Å². The maximum absolute atomic E-state index is 12.8. The molecule has 3 rings (SSSR count). The SMILES string of the molecule is CCCn1c(SCC(=O)Nc2ccccc2OC(F)F)nc2cc(Cl)ccc2c1=O. The first-order chi connectivity index (χ1) is 14.4. The van der Waals surface area contributed by atoms with Crippen molar-refractivity contribution in [1.29, 1.82) is 0 Å². The minimum atomic E-state index is -3.01. The summed E-state index contributed by atoms with van der Waals surface area (Å²) in [6.07, 6.45) is 0.707. The van der Waals surface area contributed by atoms with Crippen LogP contribution in [-0.4, -0.2) is 27.8 Å². The van der Waals surface area contributed by atoms with Crippen LogP contribution in [0.2, 0.25) is 5.02 Å². The van der Waals surface area contributed by atoms with Crippen molar-refractivity contribution in [2.24, 2.45) is 0 Å². The summed E-state index contributed by atoms with van der Waals surface area (Å²) in [7, 11) is 0. The first kappa shape index (κ1) is 22.0. The van der Waals surface area contributed by atoms with Gasteiger partial charge >= 0.3 is 6.61 Å². The van der Waals surface area contributed by atoms with Gasteiger partial charge in [0.25, 0.3) is 5.56 Å². The molecule has 0 unspecified atom stereocenters. The number of nitrogens with zero attached hydrogens (tertiary/aromatic N) is 2. The summed E-state index contributed by atoms with van der Waals surface area (Å²) in [5, 5.41) is 3.82. The summed E-state index contributed by atoms with van der Waals surface area (Å²) in [4.78, 5) is 29.7. The minimum Gasteiger partial charge on any atom is -0.433 e. The van der Waals surface area contributed by atoms with E-state index >= 15 is 0 Å². The van der Waals surface area contributed by atoms with Crippen molar-refractivity contribution in [2.75, 3.05) is 11.1 Å². The number of benzene rings is 2. The highest BCUT2D eigenvalue weighted by molar-refractivity contribution is 7.99. The zero-order valence-corrected chi connectivity index (χ0v) is 17.5. The highest BCUT2D eigenvalue weighted by Gasteiger charge is 2.15. The van der Waals surface area contributed by atoms with Gasteiger partial charge in [0, 0.05) is 11.6 Å². The van der Waals surface area contributed by atoms with Gasteiger partial charge in [-0.2, -0.15) is 8.78 Å². The minimum absolute atomic E-state index is 0.0781. The zero-order chi connectivity index (χ0) is 21.7. The van der Waals surface area contributed by atoms with E-state index in [1.54, 1.807) is 24.3 Å². The van der Waals surface area contributed by atoms with E-state index in [1.165, 1.54) is 22.8 Å². The van der Waals surface area contributed by atoms with E-state index in [1.807, 2.05) is 6.92 Å². The van der Waals surface area contributed by atoms with Crippen molar-refractivity contribution in [3.05, 3.63) is 57.8 Å². The van der Waals surface area contributed by atoms with Crippen LogP contribution in [0.4, 0.5) is 14.5 Å². The average molecular weight is 454 g/mol. The molecule has 0 aliphatic rings. The second-order valence-electron chi connectivity index (χ2n) is 6.22. The molecule has 0 aliphatic heterocycles. The van der Waals surface area contributed by atoms with Gasteiger partial charge in [0.2, 0.25) is 5.91 Å². The van der Waals surface area contributed by atoms with Gasteiger partial charge in [0.15, 0.2) is 5.16 Å². The molecule has 0 radical (unpaired) electrons. The summed E-state index contributed by atoms with van der Waals surface area (Å²) in [6.45, 7) is -0.631. The number of amides is 1. The average Bonchev–Trinajstić information content (AvgIpc) is 2.70. The van der Waals surface area contributed by atoms with Crippen molar-refractivity contribution in [3.63, 3.8) is 0 Å². The molecule has 2 aromatic carbocycles. The Labute approximate surface area is 180 Å². The van der Waals surface area contributed by atoms with Gasteiger partial charge in [0.1, 0.15) is 5.75 Å². The number of hydrogen-bond acceptors (Lipinski definition) is 5. The predicted octanol–water partition coefficient (Wildman–Crippen LogP) is 4.79. The van der Waals surface area contributed by atoms with Crippen molar-refractivity contribution < 1.29 is 18.3 Å². The summed E-state index contributed by atoms with van der Waals surface area (Å²) in [5.41, 5.74) is 0.364. The summed E-state index contributed by atoms with van der Waals surface area (Å²) in [5.74, 6) is -0.661. The Kier molecular flexibility index (Phi) is 7.28. The lowest BCUT2D eigenvalue weighted by Crippen LogP contribution is -2.24. The van der Waals surface area contributed by atoms with Crippen molar-refractivity contribution in [1.82, 2.24) is 9.55 Å². The van der Waals surface area contributed by atoms with E-state index in [4.69, 9.17) is 11.6 Å². The molecule has 0 fully saturated rings. The van der Waals surface area contributed by atoms with Crippen LogP contribution in [0.15, 0.2) is 52.4 Å². The lowest BCUT2D eigenvalue weighted by atomic mass is 10.2. The van der Waals surface area contributed by atoms with E-state index in [-0.39, 0.29) is 22.7 Å². The largest absolute Gasteiger partial charge is 0.433 e. The van der Waals surface area contributed by atoms with E-state index in [0.29, 0.717) is 34.0 Å². The number of hydrogen-bond donors (Lipinski definition) is 1. The number of fused-ring (bicyclic) bond motifs is 1. The molecule has 0 saturated heterocycles. The molecule has 1 N–H and O–H groups in total. The molecule has 1 heterocycles. The number of para-hydroxylation sites is 2. The third kappa shape index (κ3) is 5.28. The number of rotatable bonds is 8. The van der Waals surface area contributed by atoms with Crippen LogP contribution in [0.3, 0.4) is 0 Å². The molecule has 30 heavy (non-hydrogen) atoms. The lowest BCUT2D eigenvalue weighted by molar-refractivity contribution is -0.113. The van der Waals surface area contributed by atoms with E-state index in [9.17, 15) is 18.4 Å². The summed E-state index contributed by atoms with van der Waals surface area (Å²) in [6, 6.07) is 10.8. The number of carbonyl (C=O) groups excluding carboxylic acids is 1. The second-order valence-corrected chi connectivity index (χ2v) is 7.60. The third-order valence-electron chi connectivity index (χ3n) is 4.04. The van der Waals surface area contributed by atoms with Crippen LogP contribution in [-0.2, 0) is 11.3 Å². The first-order valence-electron chi connectivity index (χ1n) is 9.05. The van der Waals surface area contributed by atoms with E-state index in [0.717, 1.165) is 11.8 Å². The molecule has 0 atom stereocenters. The van der Waals surface area contributed by atoms with Crippen LogP contribution in [0.25, 0.3) is 10.9 Å². The van der Waals surface area contributed by atoms with Crippen LogP contribution < -0.4 is 15.6 Å². The third-order valence-corrected chi connectivity index (χ3v) is 5.25. The standard InChI is InChI=1S/C20H18ClF2N3O3S/c1-2-9-26-18(28)13-8-7-12(21)10-15(13)25-20(26)30-11-17(27)24-14-5-3-4-6-16(14)29-19(22)23/h3-8,10,19H,2,9,11H2,1H3,(H,24,27). The normalized spacial score (nSPS) is 11.1. The molecular weight excluding hydrogens is 436 g/mol. The Morgan fingerprint density at radius 1 is 1.30 bits per heavy atom. The van der Waals surface area contributed by atoms with Gasteiger partial charge < -0.3 is 10.1 Å². The number of thioether (sulfide) groups is 1. The number of aromatic nitrogens is 2. The molecule has 1 amide bonds. The fraction of sp³-hybridized carbons (Fsp3) is 0.250.